The number of hydrogen-bond acceptors (Lipinski definition) is 6. The first-order chi connectivity index (χ1) is 12.2. The number of para-hydroxylation sites is 1. The molecule has 0 radical (unpaired) electrons. The lowest BCUT2D eigenvalue weighted by molar-refractivity contribution is 0.416. The van der Waals surface area contributed by atoms with Gasteiger partial charge in [0.15, 0.2) is 5.82 Å². The Morgan fingerprint density at radius 3 is 2.84 bits per heavy atom. The third-order valence-electron chi connectivity index (χ3n) is 3.85. The number of benzene rings is 2. The van der Waals surface area contributed by atoms with Gasteiger partial charge in [-0.1, -0.05) is 41.6 Å². The van der Waals surface area contributed by atoms with Crippen molar-refractivity contribution in [3.63, 3.8) is 0 Å². The van der Waals surface area contributed by atoms with Crippen LogP contribution in [0.15, 0.2) is 52.7 Å². The van der Waals surface area contributed by atoms with E-state index in [0.29, 0.717) is 22.3 Å². The van der Waals surface area contributed by atoms with E-state index in [1.54, 1.807) is 29.6 Å². The number of aromatic nitrogens is 3. The van der Waals surface area contributed by atoms with Crippen molar-refractivity contribution in [1.29, 1.82) is 0 Å². The Morgan fingerprint density at radius 1 is 1.20 bits per heavy atom. The van der Waals surface area contributed by atoms with Gasteiger partial charge in [-0.2, -0.15) is 9.78 Å². The maximum atomic E-state index is 6.01. The van der Waals surface area contributed by atoms with Crippen molar-refractivity contribution in [2.45, 2.75) is 5.16 Å². The van der Waals surface area contributed by atoms with Gasteiger partial charge in [-0.05, 0) is 24.3 Å². The number of nitrogens with zero attached hydrogens (tertiary/aromatic N) is 4. The fourth-order valence-corrected chi connectivity index (χ4v) is 3.55. The molecule has 1 aliphatic rings. The molecule has 0 fully saturated rings. The zero-order chi connectivity index (χ0) is 17.4. The summed E-state index contributed by atoms with van der Waals surface area (Å²) in [6.07, 6.45) is 0. The Balaban J connectivity index is 1.81. The van der Waals surface area contributed by atoms with Crippen LogP contribution in [0.2, 0.25) is 5.02 Å². The lowest BCUT2D eigenvalue weighted by atomic mass is 10.1. The van der Waals surface area contributed by atoms with Gasteiger partial charge < -0.3 is 10.5 Å². The predicted octanol–water partition coefficient (Wildman–Crippen LogP) is 3.55. The van der Waals surface area contributed by atoms with E-state index in [0.717, 1.165) is 27.7 Å². The van der Waals surface area contributed by atoms with Crippen molar-refractivity contribution in [2.24, 2.45) is 5.10 Å². The highest BCUT2D eigenvalue weighted by Gasteiger charge is 2.22. The minimum Gasteiger partial charge on any atom is -0.496 e. The standard InChI is InChI=1S/C17H14ClN5OS/c1-24-15-5-3-2-4-11(15)16-20-21-17-23(16)22-14(9-25-17)10-6-7-12(18)13(19)8-10/h2-8H,9,19H2,1H3. The van der Waals surface area contributed by atoms with Crippen molar-refractivity contribution in [3.8, 4) is 17.1 Å². The maximum absolute atomic E-state index is 6.01. The Labute approximate surface area is 153 Å². The fraction of sp³-hybridized carbons (Fsp3) is 0.118. The summed E-state index contributed by atoms with van der Waals surface area (Å²) in [6, 6.07) is 13.2. The number of halogens is 1. The number of nitrogens with two attached hydrogens (primary N) is 1. The van der Waals surface area contributed by atoms with Crippen LogP contribution < -0.4 is 10.5 Å². The van der Waals surface area contributed by atoms with Crippen LogP contribution in [0.25, 0.3) is 11.4 Å². The minimum atomic E-state index is 0.534. The highest BCUT2D eigenvalue weighted by Crippen LogP contribution is 2.33. The van der Waals surface area contributed by atoms with Gasteiger partial charge in [0.05, 0.1) is 29.1 Å². The number of ether oxygens (including phenoxy) is 1. The molecule has 3 aromatic rings. The molecule has 0 saturated heterocycles. The molecule has 0 saturated carbocycles. The van der Waals surface area contributed by atoms with Crippen LogP contribution in [-0.2, 0) is 0 Å². The van der Waals surface area contributed by atoms with Gasteiger partial charge in [0, 0.05) is 11.3 Å². The molecule has 0 unspecified atom stereocenters. The van der Waals surface area contributed by atoms with Gasteiger partial charge in [-0.15, -0.1) is 10.2 Å². The average molecular weight is 372 g/mol. The van der Waals surface area contributed by atoms with E-state index in [1.807, 2.05) is 36.4 Å². The second kappa shape index (κ2) is 6.42. The van der Waals surface area contributed by atoms with Crippen LogP contribution in [-0.4, -0.2) is 33.4 Å². The monoisotopic (exact) mass is 371 g/mol. The van der Waals surface area contributed by atoms with E-state index in [4.69, 9.17) is 27.2 Å². The number of fused-ring (bicyclic) bond motifs is 1. The van der Waals surface area contributed by atoms with Crippen LogP contribution >= 0.6 is 23.4 Å². The number of methoxy groups -OCH3 is 1. The SMILES string of the molecule is COc1ccccc1-c1nnc2n1N=C(c1ccc(Cl)c(N)c1)CS2. The predicted molar refractivity (Wildman–Crippen MR) is 101 cm³/mol. The summed E-state index contributed by atoms with van der Waals surface area (Å²) < 4.78 is 7.18. The lowest BCUT2D eigenvalue weighted by Gasteiger charge is -2.15. The first kappa shape index (κ1) is 16.0. The summed E-state index contributed by atoms with van der Waals surface area (Å²) in [5.41, 5.74) is 9.11. The molecule has 2 aromatic carbocycles. The third-order valence-corrected chi connectivity index (χ3v) is 5.12. The Hall–Kier alpha value is -2.51. The zero-order valence-corrected chi connectivity index (χ0v) is 14.9. The number of rotatable bonds is 3. The van der Waals surface area contributed by atoms with Crippen LogP contribution in [0.4, 0.5) is 5.69 Å². The van der Waals surface area contributed by atoms with Crippen LogP contribution in [0.1, 0.15) is 5.56 Å². The topological polar surface area (TPSA) is 78.3 Å². The van der Waals surface area contributed by atoms with E-state index in [1.165, 1.54) is 0 Å². The van der Waals surface area contributed by atoms with Crippen LogP contribution in [0.3, 0.4) is 0 Å². The van der Waals surface area contributed by atoms with Gasteiger partial charge in [0.1, 0.15) is 5.75 Å². The number of anilines is 1. The maximum Gasteiger partial charge on any atom is 0.212 e. The third kappa shape index (κ3) is 2.85. The summed E-state index contributed by atoms with van der Waals surface area (Å²) in [6.45, 7) is 0. The second-order valence-electron chi connectivity index (χ2n) is 5.39. The molecule has 6 nitrogen and oxygen atoms in total. The normalized spacial score (nSPS) is 13.3. The molecular formula is C17H14ClN5OS. The first-order valence-electron chi connectivity index (χ1n) is 7.52. The van der Waals surface area contributed by atoms with Crippen LogP contribution in [0, 0.1) is 0 Å². The zero-order valence-electron chi connectivity index (χ0n) is 13.3. The van der Waals surface area contributed by atoms with Crippen molar-refractivity contribution in [1.82, 2.24) is 14.9 Å². The molecule has 126 valence electrons. The van der Waals surface area contributed by atoms with Crippen molar-refractivity contribution in [3.05, 3.63) is 53.1 Å². The summed E-state index contributed by atoms with van der Waals surface area (Å²) in [5, 5.41) is 14.5. The van der Waals surface area contributed by atoms with E-state index >= 15 is 0 Å². The van der Waals surface area contributed by atoms with Gasteiger partial charge in [-0.3, -0.25) is 0 Å². The van der Waals surface area contributed by atoms with Gasteiger partial charge in [0.25, 0.3) is 0 Å². The quantitative estimate of drug-likeness (QED) is 0.712. The van der Waals surface area contributed by atoms with Gasteiger partial charge in [0.2, 0.25) is 5.16 Å². The smallest absolute Gasteiger partial charge is 0.212 e. The molecule has 2 N–H and O–H groups in total. The Bertz CT molecular complexity index is 985. The average Bonchev–Trinajstić information content (AvgIpc) is 3.07. The lowest BCUT2D eigenvalue weighted by Crippen LogP contribution is -2.14. The number of nitrogen functional groups attached to an aromatic ring is 1. The van der Waals surface area contributed by atoms with Crippen molar-refractivity contribution < 1.29 is 4.74 Å². The Morgan fingerprint density at radius 2 is 2.04 bits per heavy atom. The van der Waals surface area contributed by atoms with Crippen molar-refractivity contribution >= 4 is 34.8 Å². The molecule has 1 aliphatic heterocycles. The van der Waals surface area contributed by atoms with Gasteiger partial charge in [-0.25, -0.2) is 0 Å². The van der Waals surface area contributed by atoms with Crippen molar-refractivity contribution in [2.75, 3.05) is 18.6 Å². The fourth-order valence-electron chi connectivity index (χ4n) is 2.59. The molecule has 1 aromatic heterocycles. The summed E-state index contributed by atoms with van der Waals surface area (Å²) in [4.78, 5) is 0. The number of hydrogen-bond donors (Lipinski definition) is 1. The second-order valence-corrected chi connectivity index (χ2v) is 6.74. The molecule has 2 heterocycles. The number of thioether (sulfide) groups is 1. The molecule has 0 spiro atoms. The first-order valence-corrected chi connectivity index (χ1v) is 8.88. The van der Waals surface area contributed by atoms with Crippen LogP contribution in [0.5, 0.6) is 5.75 Å². The molecular weight excluding hydrogens is 358 g/mol. The minimum absolute atomic E-state index is 0.534. The van der Waals surface area contributed by atoms with Gasteiger partial charge >= 0.3 is 0 Å². The van der Waals surface area contributed by atoms with E-state index < -0.39 is 0 Å². The Kier molecular flexibility index (Phi) is 4.10. The van der Waals surface area contributed by atoms with E-state index in [2.05, 4.69) is 10.2 Å². The molecule has 8 heteroatoms. The molecule has 0 atom stereocenters. The summed E-state index contributed by atoms with van der Waals surface area (Å²) in [7, 11) is 1.63. The molecule has 4 rings (SSSR count). The highest BCUT2D eigenvalue weighted by atomic mass is 35.5. The summed E-state index contributed by atoms with van der Waals surface area (Å²) in [5.74, 6) is 2.05. The van der Waals surface area contributed by atoms with E-state index in [-0.39, 0.29) is 0 Å². The molecule has 0 bridgehead atoms. The largest absolute Gasteiger partial charge is 0.496 e. The molecule has 0 aliphatic carbocycles. The van der Waals surface area contributed by atoms with E-state index in [9.17, 15) is 0 Å². The summed E-state index contributed by atoms with van der Waals surface area (Å²) >= 11 is 7.59. The molecule has 25 heavy (non-hydrogen) atoms. The highest BCUT2D eigenvalue weighted by molar-refractivity contribution is 7.99. The molecule has 0 amide bonds.